The summed E-state index contributed by atoms with van der Waals surface area (Å²) in [5.41, 5.74) is 2.57. The molecular formula is C14H15ClN6. The van der Waals surface area contributed by atoms with E-state index in [-0.39, 0.29) is 0 Å². The summed E-state index contributed by atoms with van der Waals surface area (Å²) in [6.07, 6.45) is 1.62. The second-order valence-electron chi connectivity index (χ2n) is 4.71. The lowest BCUT2D eigenvalue weighted by Crippen LogP contribution is -2.19. The number of imidazole rings is 1. The van der Waals surface area contributed by atoms with Crippen molar-refractivity contribution >= 4 is 34.5 Å². The normalized spacial score (nSPS) is 10.8. The van der Waals surface area contributed by atoms with Gasteiger partial charge in [0, 0.05) is 25.7 Å². The van der Waals surface area contributed by atoms with Crippen LogP contribution in [0.25, 0.3) is 11.2 Å². The zero-order valence-corrected chi connectivity index (χ0v) is 12.5. The number of halogens is 1. The fraction of sp³-hybridized carbons (Fsp3) is 0.214. The van der Waals surface area contributed by atoms with Crippen LogP contribution in [0.5, 0.6) is 0 Å². The maximum absolute atomic E-state index is 6.03. The Balaban J connectivity index is 1.97. The van der Waals surface area contributed by atoms with Crippen molar-refractivity contribution in [1.82, 2.24) is 19.9 Å². The first-order chi connectivity index (χ1) is 10.2. The highest BCUT2D eigenvalue weighted by atomic mass is 35.5. The molecule has 0 amide bonds. The summed E-state index contributed by atoms with van der Waals surface area (Å²) in [7, 11) is 3.76. The largest absolute Gasteiger partial charge is 0.357 e. The molecule has 0 aliphatic heterocycles. The molecule has 0 spiro atoms. The minimum absolute atomic E-state index is 0.544. The van der Waals surface area contributed by atoms with E-state index >= 15 is 0 Å². The third-order valence-electron chi connectivity index (χ3n) is 3.16. The molecule has 0 aliphatic rings. The van der Waals surface area contributed by atoms with Crippen molar-refractivity contribution in [3.63, 3.8) is 0 Å². The molecule has 21 heavy (non-hydrogen) atoms. The lowest BCUT2D eigenvalue weighted by Gasteiger charge is -2.19. The number of hydrogen-bond donors (Lipinski definition) is 2. The Bertz CT molecular complexity index is 769. The van der Waals surface area contributed by atoms with Crippen LogP contribution in [0.3, 0.4) is 0 Å². The van der Waals surface area contributed by atoms with E-state index in [1.165, 1.54) is 0 Å². The lowest BCUT2D eigenvalue weighted by atomic mass is 10.2. The molecule has 3 aromatic rings. The molecule has 0 bridgehead atoms. The molecule has 108 valence electrons. The number of rotatable bonds is 4. The molecule has 0 radical (unpaired) electrons. The number of nitrogens with one attached hydrogen (secondary N) is 2. The molecule has 0 fully saturated rings. The second kappa shape index (κ2) is 5.57. The molecule has 0 atom stereocenters. The van der Waals surface area contributed by atoms with Gasteiger partial charge in [-0.3, -0.25) is 0 Å². The molecular weight excluding hydrogens is 288 g/mol. The maximum Gasteiger partial charge on any atom is 0.226 e. The average molecular weight is 303 g/mol. The first-order valence-corrected chi connectivity index (χ1v) is 6.89. The van der Waals surface area contributed by atoms with Gasteiger partial charge in [0.05, 0.1) is 6.33 Å². The SMILES string of the molecule is CNc1nc(N(C)Cc2cccc(Cl)c2)c2[nH]cnc2n1. The smallest absolute Gasteiger partial charge is 0.226 e. The van der Waals surface area contributed by atoms with E-state index in [0.29, 0.717) is 18.1 Å². The first kappa shape index (κ1) is 13.6. The summed E-state index contributed by atoms with van der Waals surface area (Å²) in [5, 5.41) is 3.68. The van der Waals surface area contributed by atoms with E-state index in [2.05, 4.69) is 25.3 Å². The van der Waals surface area contributed by atoms with Crippen molar-refractivity contribution in [2.24, 2.45) is 0 Å². The van der Waals surface area contributed by atoms with Crippen molar-refractivity contribution < 1.29 is 0 Å². The Morgan fingerprint density at radius 1 is 1.33 bits per heavy atom. The highest BCUT2D eigenvalue weighted by Crippen LogP contribution is 2.23. The molecule has 0 aliphatic carbocycles. The standard InChI is InChI=1S/C14H15ClN6/c1-16-14-19-12-11(17-8-18-12)13(20-14)21(2)7-9-4-3-5-10(15)6-9/h3-6,8H,7H2,1-2H3,(H2,16,17,18,19,20). The number of aromatic nitrogens is 4. The van der Waals surface area contributed by atoms with Gasteiger partial charge in [0.25, 0.3) is 0 Å². The fourth-order valence-electron chi connectivity index (χ4n) is 2.19. The molecule has 7 heteroatoms. The van der Waals surface area contributed by atoms with Crippen LogP contribution in [0.4, 0.5) is 11.8 Å². The Morgan fingerprint density at radius 3 is 2.95 bits per heavy atom. The summed E-state index contributed by atoms with van der Waals surface area (Å²) in [5.74, 6) is 1.34. The highest BCUT2D eigenvalue weighted by Gasteiger charge is 2.13. The van der Waals surface area contributed by atoms with E-state index in [0.717, 1.165) is 21.9 Å². The van der Waals surface area contributed by atoms with Crippen LogP contribution in [-0.2, 0) is 6.54 Å². The van der Waals surface area contributed by atoms with Crippen molar-refractivity contribution in [3.05, 3.63) is 41.2 Å². The van der Waals surface area contributed by atoms with Gasteiger partial charge in [-0.05, 0) is 17.7 Å². The van der Waals surface area contributed by atoms with Gasteiger partial charge in [0.2, 0.25) is 5.95 Å². The molecule has 2 heterocycles. The van der Waals surface area contributed by atoms with E-state index in [1.807, 2.05) is 36.2 Å². The van der Waals surface area contributed by atoms with Gasteiger partial charge in [0.1, 0.15) is 5.52 Å². The number of hydrogen-bond acceptors (Lipinski definition) is 5. The van der Waals surface area contributed by atoms with Crippen LogP contribution in [0, 0.1) is 0 Å². The fourth-order valence-corrected chi connectivity index (χ4v) is 2.40. The zero-order valence-electron chi connectivity index (χ0n) is 11.8. The lowest BCUT2D eigenvalue weighted by molar-refractivity contribution is 0.899. The van der Waals surface area contributed by atoms with E-state index in [9.17, 15) is 0 Å². The predicted octanol–water partition coefficient (Wildman–Crippen LogP) is 2.68. The van der Waals surface area contributed by atoms with Crippen LogP contribution < -0.4 is 10.2 Å². The van der Waals surface area contributed by atoms with Crippen LogP contribution >= 0.6 is 11.6 Å². The van der Waals surface area contributed by atoms with E-state index in [1.54, 1.807) is 13.4 Å². The highest BCUT2D eigenvalue weighted by molar-refractivity contribution is 6.30. The minimum Gasteiger partial charge on any atom is -0.357 e. The molecule has 6 nitrogen and oxygen atoms in total. The third-order valence-corrected chi connectivity index (χ3v) is 3.40. The van der Waals surface area contributed by atoms with Gasteiger partial charge >= 0.3 is 0 Å². The summed E-state index contributed by atoms with van der Waals surface area (Å²) in [6, 6.07) is 7.79. The zero-order chi connectivity index (χ0) is 14.8. The predicted molar refractivity (Wildman–Crippen MR) is 84.8 cm³/mol. The molecule has 0 unspecified atom stereocenters. The van der Waals surface area contributed by atoms with Crippen molar-refractivity contribution in [2.75, 3.05) is 24.3 Å². The molecule has 0 saturated carbocycles. The molecule has 3 rings (SSSR count). The number of fused-ring (bicyclic) bond motifs is 1. The number of benzene rings is 1. The summed E-state index contributed by atoms with van der Waals surface area (Å²) >= 11 is 6.03. The number of nitrogens with zero attached hydrogens (tertiary/aromatic N) is 4. The molecule has 2 N–H and O–H groups in total. The van der Waals surface area contributed by atoms with Crippen molar-refractivity contribution in [1.29, 1.82) is 0 Å². The Hall–Kier alpha value is -2.34. The number of anilines is 2. The van der Waals surface area contributed by atoms with Crippen LogP contribution in [0.2, 0.25) is 5.02 Å². The van der Waals surface area contributed by atoms with Gasteiger partial charge in [-0.1, -0.05) is 23.7 Å². The van der Waals surface area contributed by atoms with Crippen LogP contribution in [0.15, 0.2) is 30.6 Å². The third kappa shape index (κ3) is 2.75. The van der Waals surface area contributed by atoms with Gasteiger partial charge in [0.15, 0.2) is 11.5 Å². The second-order valence-corrected chi connectivity index (χ2v) is 5.14. The quantitative estimate of drug-likeness (QED) is 0.775. The van der Waals surface area contributed by atoms with Crippen molar-refractivity contribution in [2.45, 2.75) is 6.54 Å². The molecule has 1 aromatic carbocycles. The van der Waals surface area contributed by atoms with Gasteiger partial charge in [-0.25, -0.2) is 4.98 Å². The first-order valence-electron chi connectivity index (χ1n) is 6.52. The average Bonchev–Trinajstić information content (AvgIpc) is 2.94. The van der Waals surface area contributed by atoms with Gasteiger partial charge < -0.3 is 15.2 Å². The minimum atomic E-state index is 0.544. The molecule has 2 aromatic heterocycles. The summed E-state index contributed by atoms with van der Waals surface area (Å²) in [4.78, 5) is 18.1. The van der Waals surface area contributed by atoms with Crippen LogP contribution in [0.1, 0.15) is 5.56 Å². The Labute approximate surface area is 127 Å². The number of H-pyrrole nitrogens is 1. The van der Waals surface area contributed by atoms with Crippen molar-refractivity contribution in [3.8, 4) is 0 Å². The Kier molecular flexibility index (Phi) is 3.62. The number of aromatic amines is 1. The monoisotopic (exact) mass is 302 g/mol. The van der Waals surface area contributed by atoms with Gasteiger partial charge in [-0.15, -0.1) is 0 Å². The summed E-state index contributed by atoms with van der Waals surface area (Å²) < 4.78 is 0. The molecule has 0 saturated heterocycles. The van der Waals surface area contributed by atoms with Crippen LogP contribution in [-0.4, -0.2) is 34.0 Å². The summed E-state index contributed by atoms with van der Waals surface area (Å²) in [6.45, 7) is 0.689. The topological polar surface area (TPSA) is 69.7 Å². The van der Waals surface area contributed by atoms with E-state index in [4.69, 9.17) is 11.6 Å². The van der Waals surface area contributed by atoms with E-state index < -0.39 is 0 Å². The maximum atomic E-state index is 6.03. The Morgan fingerprint density at radius 2 is 2.19 bits per heavy atom. The van der Waals surface area contributed by atoms with Gasteiger partial charge in [-0.2, -0.15) is 9.97 Å².